The van der Waals surface area contributed by atoms with Crippen molar-refractivity contribution in [3.63, 3.8) is 0 Å². The van der Waals surface area contributed by atoms with Crippen LogP contribution in [0.15, 0.2) is 48.7 Å². The first kappa shape index (κ1) is 15.9. The molecule has 0 atom stereocenters. The Balaban J connectivity index is 1.37. The van der Waals surface area contributed by atoms with Gasteiger partial charge in [0.05, 0.1) is 17.8 Å². The maximum atomic E-state index is 6.09. The standard InChI is InChI=1S/C19H22N6/c20-19-16-6-1-2-7-17(16)22-18(23-19)14-25-11-9-24(10-12-25)13-15-5-3-4-8-21-15/h1-8H,9-14H2,(H2,20,22,23). The van der Waals surface area contributed by atoms with E-state index in [1.165, 1.54) is 0 Å². The van der Waals surface area contributed by atoms with Gasteiger partial charge in [0.2, 0.25) is 0 Å². The first-order valence-corrected chi connectivity index (χ1v) is 8.64. The van der Waals surface area contributed by atoms with Crippen LogP contribution in [-0.2, 0) is 13.1 Å². The Morgan fingerprint density at radius 2 is 1.56 bits per heavy atom. The number of anilines is 1. The van der Waals surface area contributed by atoms with E-state index in [4.69, 9.17) is 5.73 Å². The number of nitrogens with zero attached hydrogens (tertiary/aromatic N) is 5. The number of nitrogen functional groups attached to an aromatic ring is 1. The third kappa shape index (κ3) is 3.75. The third-order valence-corrected chi connectivity index (χ3v) is 4.62. The number of hydrogen-bond acceptors (Lipinski definition) is 6. The number of pyridine rings is 1. The van der Waals surface area contributed by atoms with Crippen LogP contribution in [0.1, 0.15) is 11.5 Å². The summed E-state index contributed by atoms with van der Waals surface area (Å²) < 4.78 is 0. The smallest absolute Gasteiger partial charge is 0.145 e. The van der Waals surface area contributed by atoms with Crippen LogP contribution in [0.25, 0.3) is 10.9 Å². The van der Waals surface area contributed by atoms with Gasteiger partial charge in [0.25, 0.3) is 0 Å². The molecule has 1 aliphatic heterocycles. The van der Waals surface area contributed by atoms with Crippen LogP contribution in [-0.4, -0.2) is 50.9 Å². The highest BCUT2D eigenvalue weighted by molar-refractivity contribution is 5.87. The maximum absolute atomic E-state index is 6.09. The molecule has 3 aromatic rings. The summed E-state index contributed by atoms with van der Waals surface area (Å²) in [5, 5.41) is 0.923. The minimum atomic E-state index is 0.564. The first-order chi connectivity index (χ1) is 12.3. The fourth-order valence-electron chi connectivity index (χ4n) is 3.25. The number of para-hydroxylation sites is 1. The van der Waals surface area contributed by atoms with Gasteiger partial charge in [0.15, 0.2) is 0 Å². The summed E-state index contributed by atoms with van der Waals surface area (Å²) in [5.41, 5.74) is 8.13. The fourth-order valence-corrected chi connectivity index (χ4v) is 3.25. The molecule has 1 aromatic carbocycles. The van der Waals surface area contributed by atoms with Crippen molar-refractivity contribution >= 4 is 16.7 Å². The van der Waals surface area contributed by atoms with E-state index in [1.807, 2.05) is 42.6 Å². The molecule has 25 heavy (non-hydrogen) atoms. The summed E-state index contributed by atoms with van der Waals surface area (Å²) >= 11 is 0. The molecule has 2 N–H and O–H groups in total. The van der Waals surface area contributed by atoms with Gasteiger partial charge in [0.1, 0.15) is 11.6 Å². The molecule has 3 heterocycles. The Labute approximate surface area is 147 Å². The van der Waals surface area contributed by atoms with Gasteiger partial charge in [0, 0.05) is 44.3 Å². The number of rotatable bonds is 4. The summed E-state index contributed by atoms with van der Waals surface area (Å²) in [6.07, 6.45) is 1.85. The number of fused-ring (bicyclic) bond motifs is 1. The zero-order valence-corrected chi connectivity index (χ0v) is 14.2. The van der Waals surface area contributed by atoms with Gasteiger partial charge in [-0.15, -0.1) is 0 Å². The van der Waals surface area contributed by atoms with Gasteiger partial charge in [-0.05, 0) is 24.3 Å². The topological polar surface area (TPSA) is 71.2 Å². The van der Waals surface area contributed by atoms with E-state index in [9.17, 15) is 0 Å². The lowest BCUT2D eigenvalue weighted by Gasteiger charge is -2.34. The van der Waals surface area contributed by atoms with Crippen molar-refractivity contribution in [3.05, 3.63) is 60.2 Å². The maximum Gasteiger partial charge on any atom is 0.145 e. The van der Waals surface area contributed by atoms with Crippen LogP contribution in [0, 0.1) is 0 Å². The number of piperazine rings is 1. The summed E-state index contributed by atoms with van der Waals surface area (Å²) in [6, 6.07) is 14.0. The lowest BCUT2D eigenvalue weighted by molar-refractivity contribution is 0.119. The molecule has 0 amide bonds. The summed E-state index contributed by atoms with van der Waals surface area (Å²) in [5.74, 6) is 1.36. The largest absolute Gasteiger partial charge is 0.383 e. The highest BCUT2D eigenvalue weighted by Gasteiger charge is 2.18. The molecule has 0 spiro atoms. The molecule has 128 valence electrons. The van der Waals surface area contributed by atoms with Gasteiger partial charge in [-0.1, -0.05) is 18.2 Å². The van der Waals surface area contributed by atoms with Gasteiger partial charge in [-0.2, -0.15) is 0 Å². The molecular weight excluding hydrogens is 312 g/mol. The molecule has 1 aliphatic rings. The molecule has 4 rings (SSSR count). The number of hydrogen-bond donors (Lipinski definition) is 1. The van der Waals surface area contributed by atoms with Gasteiger partial charge in [-0.25, -0.2) is 9.97 Å². The normalized spacial score (nSPS) is 16.3. The molecule has 6 heteroatoms. The van der Waals surface area contributed by atoms with Crippen molar-refractivity contribution in [1.82, 2.24) is 24.8 Å². The molecule has 0 unspecified atom stereocenters. The molecule has 1 saturated heterocycles. The minimum Gasteiger partial charge on any atom is -0.383 e. The van der Waals surface area contributed by atoms with E-state index in [2.05, 4.69) is 30.8 Å². The van der Waals surface area contributed by atoms with Crippen LogP contribution in [0.4, 0.5) is 5.82 Å². The van der Waals surface area contributed by atoms with Crippen LogP contribution < -0.4 is 5.73 Å². The molecule has 1 fully saturated rings. The average Bonchev–Trinajstić information content (AvgIpc) is 2.64. The summed E-state index contributed by atoms with van der Waals surface area (Å²) in [7, 11) is 0. The quantitative estimate of drug-likeness (QED) is 0.786. The van der Waals surface area contributed by atoms with Crippen LogP contribution in [0.5, 0.6) is 0 Å². The molecule has 0 aliphatic carbocycles. The molecule has 2 aromatic heterocycles. The highest BCUT2D eigenvalue weighted by atomic mass is 15.3. The van der Waals surface area contributed by atoms with Crippen molar-refractivity contribution in [2.45, 2.75) is 13.1 Å². The minimum absolute atomic E-state index is 0.564. The lowest BCUT2D eigenvalue weighted by atomic mass is 10.2. The number of benzene rings is 1. The van der Waals surface area contributed by atoms with Gasteiger partial charge in [-0.3, -0.25) is 14.8 Å². The Hall–Kier alpha value is -2.57. The van der Waals surface area contributed by atoms with Crippen molar-refractivity contribution in [3.8, 4) is 0 Å². The van der Waals surface area contributed by atoms with E-state index in [0.29, 0.717) is 5.82 Å². The van der Waals surface area contributed by atoms with Crippen molar-refractivity contribution in [1.29, 1.82) is 0 Å². The molecule has 6 nitrogen and oxygen atoms in total. The second-order valence-electron chi connectivity index (χ2n) is 6.42. The van der Waals surface area contributed by atoms with E-state index in [1.54, 1.807) is 0 Å². The predicted octanol–water partition coefficient (Wildman–Crippen LogP) is 1.92. The zero-order chi connectivity index (χ0) is 17.1. The fraction of sp³-hybridized carbons (Fsp3) is 0.316. The van der Waals surface area contributed by atoms with E-state index in [0.717, 1.165) is 61.7 Å². The third-order valence-electron chi connectivity index (χ3n) is 4.62. The van der Waals surface area contributed by atoms with Crippen molar-refractivity contribution < 1.29 is 0 Å². The van der Waals surface area contributed by atoms with Gasteiger partial charge >= 0.3 is 0 Å². The average molecular weight is 334 g/mol. The van der Waals surface area contributed by atoms with Crippen molar-refractivity contribution in [2.24, 2.45) is 0 Å². The van der Waals surface area contributed by atoms with E-state index >= 15 is 0 Å². The second-order valence-corrected chi connectivity index (χ2v) is 6.42. The van der Waals surface area contributed by atoms with E-state index in [-0.39, 0.29) is 0 Å². The van der Waals surface area contributed by atoms with Gasteiger partial charge < -0.3 is 5.73 Å². The zero-order valence-electron chi connectivity index (χ0n) is 14.2. The molecule has 0 bridgehead atoms. The Kier molecular flexibility index (Phi) is 4.54. The Bertz CT molecular complexity index is 843. The molecule has 0 radical (unpaired) electrons. The lowest BCUT2D eigenvalue weighted by Crippen LogP contribution is -2.45. The van der Waals surface area contributed by atoms with Crippen LogP contribution in [0.2, 0.25) is 0 Å². The summed E-state index contributed by atoms with van der Waals surface area (Å²) in [6.45, 7) is 5.71. The number of aromatic nitrogens is 3. The Morgan fingerprint density at radius 3 is 2.32 bits per heavy atom. The highest BCUT2D eigenvalue weighted by Crippen LogP contribution is 2.18. The Morgan fingerprint density at radius 1 is 0.840 bits per heavy atom. The predicted molar refractivity (Wildman–Crippen MR) is 98.7 cm³/mol. The van der Waals surface area contributed by atoms with E-state index < -0.39 is 0 Å². The van der Waals surface area contributed by atoms with Crippen LogP contribution in [0.3, 0.4) is 0 Å². The SMILES string of the molecule is Nc1nc(CN2CCN(Cc3ccccn3)CC2)nc2ccccc12. The van der Waals surface area contributed by atoms with Crippen molar-refractivity contribution in [2.75, 3.05) is 31.9 Å². The molecular formula is C19H22N6. The monoisotopic (exact) mass is 334 g/mol. The van der Waals surface area contributed by atoms with Crippen LogP contribution >= 0.6 is 0 Å². The second kappa shape index (κ2) is 7.13. The summed E-state index contributed by atoms with van der Waals surface area (Å²) in [4.78, 5) is 18.4. The molecule has 0 saturated carbocycles. The first-order valence-electron chi connectivity index (χ1n) is 8.64. The number of nitrogens with two attached hydrogens (primary N) is 1.